The molecule has 0 aliphatic carbocycles. The van der Waals surface area contributed by atoms with E-state index in [0.29, 0.717) is 25.1 Å². The van der Waals surface area contributed by atoms with Gasteiger partial charge in [0.15, 0.2) is 11.6 Å². The molecular formula is C16H17F2N3O. The molecule has 0 spiro atoms. The van der Waals surface area contributed by atoms with Gasteiger partial charge in [0, 0.05) is 6.54 Å². The summed E-state index contributed by atoms with van der Waals surface area (Å²) in [6.45, 7) is 2.12. The number of aryl methyl sites for hydroxylation is 1. The molecule has 6 heteroatoms. The largest absolute Gasteiger partial charge is 0.391 e. The number of benzene rings is 1. The lowest BCUT2D eigenvalue weighted by molar-refractivity contribution is 0.194. The van der Waals surface area contributed by atoms with Crippen LogP contribution < -0.4 is 4.90 Å². The fraction of sp³-hybridized carbons (Fsp3) is 0.375. The maximum atomic E-state index is 14.5. The predicted octanol–water partition coefficient (Wildman–Crippen LogP) is 2.63. The van der Waals surface area contributed by atoms with Crippen molar-refractivity contribution in [1.29, 1.82) is 0 Å². The molecule has 1 N–H and O–H groups in total. The first-order valence-electron chi connectivity index (χ1n) is 7.29. The Balaban J connectivity index is 1.99. The molecule has 1 aromatic carbocycles. The number of aliphatic hydroxyl groups is 1. The average molecular weight is 305 g/mol. The van der Waals surface area contributed by atoms with Crippen LogP contribution in [-0.2, 0) is 6.42 Å². The number of aliphatic hydroxyl groups excluding tert-OH is 1. The van der Waals surface area contributed by atoms with E-state index in [9.17, 15) is 13.9 Å². The second-order valence-corrected chi connectivity index (χ2v) is 5.42. The topological polar surface area (TPSA) is 49.2 Å². The van der Waals surface area contributed by atoms with Gasteiger partial charge in [0.05, 0.1) is 17.8 Å². The normalized spacial score (nSPS) is 21.4. The molecule has 1 aromatic heterocycles. The predicted molar refractivity (Wildman–Crippen MR) is 78.5 cm³/mol. The quantitative estimate of drug-likeness (QED) is 0.947. The zero-order chi connectivity index (χ0) is 15.7. The van der Waals surface area contributed by atoms with Crippen LogP contribution in [0.2, 0.25) is 0 Å². The molecule has 2 heterocycles. The van der Waals surface area contributed by atoms with Crippen molar-refractivity contribution in [2.24, 2.45) is 0 Å². The summed E-state index contributed by atoms with van der Waals surface area (Å²) in [5.74, 6) is -0.584. The number of anilines is 1. The number of aromatic nitrogens is 2. The van der Waals surface area contributed by atoms with Crippen LogP contribution in [0.15, 0.2) is 30.6 Å². The van der Waals surface area contributed by atoms with E-state index < -0.39 is 11.9 Å². The van der Waals surface area contributed by atoms with Crippen molar-refractivity contribution >= 4 is 5.82 Å². The molecule has 2 aromatic rings. The second kappa shape index (κ2) is 5.96. The standard InChI is InChI=1S/C16H17F2N3O/c1-2-13-15(18)16(20-9-19-13)21-8-12(22)7-14(21)10-3-5-11(17)6-4-10/h3-6,9,12,14,22H,2,7-8H2,1H3/t12-,14+/m0/s1. The molecule has 0 radical (unpaired) electrons. The van der Waals surface area contributed by atoms with E-state index in [-0.39, 0.29) is 17.7 Å². The zero-order valence-corrected chi connectivity index (χ0v) is 12.2. The van der Waals surface area contributed by atoms with Crippen molar-refractivity contribution in [2.45, 2.75) is 31.9 Å². The lowest BCUT2D eigenvalue weighted by Gasteiger charge is -2.26. The molecule has 1 fully saturated rings. The summed E-state index contributed by atoms with van der Waals surface area (Å²) in [6.07, 6.45) is 1.69. The highest BCUT2D eigenvalue weighted by Gasteiger charge is 2.34. The number of hydrogen-bond acceptors (Lipinski definition) is 4. The Labute approximate surface area is 127 Å². The van der Waals surface area contributed by atoms with Gasteiger partial charge in [-0.15, -0.1) is 0 Å². The summed E-state index contributed by atoms with van der Waals surface area (Å²) < 4.78 is 27.6. The van der Waals surface area contributed by atoms with Crippen LogP contribution in [0.5, 0.6) is 0 Å². The summed E-state index contributed by atoms with van der Waals surface area (Å²) in [4.78, 5) is 9.71. The molecule has 1 aliphatic heterocycles. The molecule has 0 amide bonds. The van der Waals surface area contributed by atoms with Crippen molar-refractivity contribution in [3.8, 4) is 0 Å². The van der Waals surface area contributed by atoms with Gasteiger partial charge in [-0.25, -0.2) is 18.7 Å². The van der Waals surface area contributed by atoms with E-state index >= 15 is 0 Å². The highest BCUT2D eigenvalue weighted by molar-refractivity contribution is 5.46. The van der Waals surface area contributed by atoms with E-state index in [1.807, 2.05) is 6.92 Å². The maximum Gasteiger partial charge on any atom is 0.187 e. The first kappa shape index (κ1) is 14.8. The van der Waals surface area contributed by atoms with Crippen molar-refractivity contribution in [1.82, 2.24) is 9.97 Å². The molecule has 0 unspecified atom stereocenters. The first-order chi connectivity index (χ1) is 10.6. The summed E-state index contributed by atoms with van der Waals surface area (Å²) in [5, 5.41) is 9.98. The zero-order valence-electron chi connectivity index (χ0n) is 12.2. The van der Waals surface area contributed by atoms with Crippen LogP contribution in [0.1, 0.15) is 30.6 Å². The summed E-state index contributed by atoms with van der Waals surface area (Å²) in [6, 6.07) is 5.82. The van der Waals surface area contributed by atoms with Gasteiger partial charge in [0.2, 0.25) is 0 Å². The Bertz CT molecular complexity index is 663. The van der Waals surface area contributed by atoms with Crippen LogP contribution >= 0.6 is 0 Å². The smallest absolute Gasteiger partial charge is 0.187 e. The summed E-state index contributed by atoms with van der Waals surface area (Å²) in [5.41, 5.74) is 1.18. The van der Waals surface area contributed by atoms with E-state index in [1.54, 1.807) is 17.0 Å². The van der Waals surface area contributed by atoms with Crippen molar-refractivity contribution in [2.75, 3.05) is 11.4 Å². The van der Waals surface area contributed by atoms with Gasteiger partial charge in [-0.3, -0.25) is 0 Å². The highest BCUT2D eigenvalue weighted by atomic mass is 19.1. The van der Waals surface area contributed by atoms with Gasteiger partial charge < -0.3 is 10.0 Å². The SMILES string of the molecule is CCc1ncnc(N2C[C@@H](O)C[C@@H]2c2ccc(F)cc2)c1F. The van der Waals surface area contributed by atoms with E-state index in [1.165, 1.54) is 18.5 Å². The van der Waals surface area contributed by atoms with Gasteiger partial charge in [-0.1, -0.05) is 19.1 Å². The van der Waals surface area contributed by atoms with Crippen LogP contribution in [0, 0.1) is 11.6 Å². The molecule has 22 heavy (non-hydrogen) atoms. The highest BCUT2D eigenvalue weighted by Crippen LogP contribution is 2.36. The minimum Gasteiger partial charge on any atom is -0.391 e. The van der Waals surface area contributed by atoms with Gasteiger partial charge in [-0.05, 0) is 30.5 Å². The number of hydrogen-bond donors (Lipinski definition) is 1. The molecule has 1 aliphatic rings. The Morgan fingerprint density at radius 3 is 2.64 bits per heavy atom. The van der Waals surface area contributed by atoms with Crippen molar-refractivity contribution < 1.29 is 13.9 Å². The molecule has 1 saturated heterocycles. The summed E-state index contributed by atoms with van der Waals surface area (Å²) >= 11 is 0. The monoisotopic (exact) mass is 305 g/mol. The van der Waals surface area contributed by atoms with Gasteiger partial charge >= 0.3 is 0 Å². The number of nitrogens with zero attached hydrogens (tertiary/aromatic N) is 3. The molecule has 0 bridgehead atoms. The fourth-order valence-electron chi connectivity index (χ4n) is 2.89. The van der Waals surface area contributed by atoms with Crippen molar-refractivity contribution in [3.05, 3.63) is 53.5 Å². The van der Waals surface area contributed by atoms with Gasteiger partial charge in [0.1, 0.15) is 12.1 Å². The molecule has 116 valence electrons. The maximum absolute atomic E-state index is 14.5. The molecule has 2 atom stereocenters. The van der Waals surface area contributed by atoms with E-state index in [0.717, 1.165) is 5.56 Å². The fourth-order valence-corrected chi connectivity index (χ4v) is 2.89. The minimum atomic E-state index is -0.575. The van der Waals surface area contributed by atoms with Crippen LogP contribution in [0.4, 0.5) is 14.6 Å². The molecule has 0 saturated carbocycles. The average Bonchev–Trinajstić information content (AvgIpc) is 2.90. The third kappa shape index (κ3) is 2.66. The Hall–Kier alpha value is -2.08. The third-order valence-electron chi connectivity index (χ3n) is 3.98. The minimum absolute atomic E-state index is 0.192. The molecule has 3 rings (SSSR count). The van der Waals surface area contributed by atoms with Gasteiger partial charge in [0.25, 0.3) is 0 Å². The number of halogens is 2. The third-order valence-corrected chi connectivity index (χ3v) is 3.98. The van der Waals surface area contributed by atoms with Gasteiger partial charge in [-0.2, -0.15) is 0 Å². The second-order valence-electron chi connectivity index (χ2n) is 5.42. The molecule has 4 nitrogen and oxygen atoms in total. The number of β-amino-alcohol motifs (C(OH)–C–C–N with tert-alkyl or cyclic N) is 1. The van der Waals surface area contributed by atoms with E-state index in [4.69, 9.17) is 0 Å². The Kier molecular flexibility index (Phi) is 4.02. The lowest BCUT2D eigenvalue weighted by Crippen LogP contribution is -2.27. The summed E-state index contributed by atoms with van der Waals surface area (Å²) in [7, 11) is 0. The Morgan fingerprint density at radius 2 is 1.95 bits per heavy atom. The van der Waals surface area contributed by atoms with E-state index in [2.05, 4.69) is 9.97 Å². The van der Waals surface area contributed by atoms with Crippen LogP contribution in [0.25, 0.3) is 0 Å². The van der Waals surface area contributed by atoms with Crippen LogP contribution in [0.3, 0.4) is 0 Å². The first-order valence-corrected chi connectivity index (χ1v) is 7.29. The lowest BCUT2D eigenvalue weighted by atomic mass is 10.0. The van der Waals surface area contributed by atoms with Crippen molar-refractivity contribution in [3.63, 3.8) is 0 Å². The molecular weight excluding hydrogens is 288 g/mol. The number of rotatable bonds is 3. The Morgan fingerprint density at radius 1 is 1.23 bits per heavy atom. The van der Waals surface area contributed by atoms with Crippen LogP contribution in [-0.4, -0.2) is 27.7 Å².